The quantitative estimate of drug-likeness (QED) is 0.550. The number of ether oxygens (including phenoxy) is 1. The van der Waals surface area contributed by atoms with Crippen LogP contribution in [0.1, 0.15) is 15.9 Å². The molecule has 0 aliphatic carbocycles. The third-order valence-electron chi connectivity index (χ3n) is 3.06. The molecule has 0 unspecified atom stereocenters. The zero-order chi connectivity index (χ0) is 17.2. The Kier molecular flexibility index (Phi) is 5.53. The van der Waals surface area contributed by atoms with E-state index in [9.17, 15) is 13.2 Å². The van der Waals surface area contributed by atoms with Crippen LogP contribution in [0.4, 0.5) is 5.69 Å². The second-order valence-corrected chi connectivity index (χ2v) is 7.84. The number of aryl methyl sites for hydroxylation is 1. The molecule has 0 radical (unpaired) electrons. The molecule has 122 valence electrons. The van der Waals surface area contributed by atoms with E-state index >= 15 is 0 Å². The Labute approximate surface area is 153 Å². The maximum absolute atomic E-state index is 12.4. The minimum Gasteiger partial charge on any atom is -0.465 e. The average Bonchev–Trinajstić information content (AvgIpc) is 2.51. The topological polar surface area (TPSA) is 72.5 Å². The molecule has 0 aliphatic rings. The van der Waals surface area contributed by atoms with Crippen LogP contribution in [0.3, 0.4) is 0 Å². The van der Waals surface area contributed by atoms with Crippen molar-refractivity contribution in [1.29, 1.82) is 0 Å². The molecule has 1 N–H and O–H groups in total. The van der Waals surface area contributed by atoms with Gasteiger partial charge >= 0.3 is 5.97 Å². The molecule has 0 spiro atoms. The zero-order valence-electron chi connectivity index (χ0n) is 12.3. The Hall–Kier alpha value is -1.32. The van der Waals surface area contributed by atoms with Gasteiger partial charge in [-0.15, -0.1) is 0 Å². The average molecular weight is 466 g/mol. The van der Waals surface area contributed by atoms with Gasteiger partial charge in [-0.2, -0.15) is 0 Å². The van der Waals surface area contributed by atoms with E-state index in [0.29, 0.717) is 9.26 Å². The first kappa shape index (κ1) is 18.0. The number of methoxy groups -OCH3 is 1. The normalized spacial score (nSPS) is 11.1. The third-order valence-corrected chi connectivity index (χ3v) is 6.28. The van der Waals surface area contributed by atoms with Crippen LogP contribution in [0.15, 0.2) is 41.3 Å². The minimum atomic E-state index is -3.74. The van der Waals surface area contributed by atoms with E-state index < -0.39 is 16.0 Å². The second-order valence-electron chi connectivity index (χ2n) is 4.70. The highest BCUT2D eigenvalue weighted by Gasteiger charge is 2.20. The number of nitrogens with one attached hydrogen (secondary N) is 1. The summed E-state index contributed by atoms with van der Waals surface area (Å²) < 4.78 is 32.3. The fraction of sp³-hybridized carbons (Fsp3) is 0.133. The lowest BCUT2D eigenvalue weighted by Gasteiger charge is -2.12. The van der Waals surface area contributed by atoms with Crippen molar-refractivity contribution in [1.82, 2.24) is 0 Å². The fourth-order valence-electron chi connectivity index (χ4n) is 1.82. The molecule has 8 heteroatoms. The molecule has 0 fully saturated rings. The number of esters is 1. The van der Waals surface area contributed by atoms with Crippen LogP contribution >= 0.6 is 34.2 Å². The lowest BCUT2D eigenvalue weighted by atomic mass is 10.2. The molecule has 0 saturated heterocycles. The van der Waals surface area contributed by atoms with Crippen molar-refractivity contribution in [2.75, 3.05) is 11.8 Å². The largest absolute Gasteiger partial charge is 0.465 e. The van der Waals surface area contributed by atoms with Crippen LogP contribution in [-0.2, 0) is 14.8 Å². The molecule has 2 aromatic rings. The molecule has 2 rings (SSSR count). The zero-order valence-corrected chi connectivity index (χ0v) is 16.0. The SMILES string of the molecule is COC(=O)c1ccc(NS(=O)(=O)c2ccc(C)cc2)c(I)c1Cl. The van der Waals surface area contributed by atoms with E-state index in [1.807, 2.05) is 29.5 Å². The summed E-state index contributed by atoms with van der Waals surface area (Å²) in [7, 11) is -2.49. The molecule has 0 amide bonds. The number of rotatable bonds is 4. The van der Waals surface area contributed by atoms with Crippen molar-refractivity contribution < 1.29 is 17.9 Å². The van der Waals surface area contributed by atoms with E-state index in [1.165, 1.54) is 31.4 Å². The number of halogens is 2. The van der Waals surface area contributed by atoms with E-state index in [0.717, 1.165) is 5.56 Å². The van der Waals surface area contributed by atoms with Crippen molar-refractivity contribution in [3.63, 3.8) is 0 Å². The lowest BCUT2D eigenvalue weighted by molar-refractivity contribution is 0.0601. The van der Waals surface area contributed by atoms with Crippen molar-refractivity contribution in [2.24, 2.45) is 0 Å². The molecule has 0 saturated carbocycles. The Balaban J connectivity index is 2.38. The summed E-state index contributed by atoms with van der Waals surface area (Å²) in [5.41, 5.74) is 1.43. The Morgan fingerprint density at radius 2 is 1.78 bits per heavy atom. The predicted octanol–water partition coefficient (Wildman–Crippen LogP) is 3.84. The number of benzene rings is 2. The molecule has 0 atom stereocenters. The van der Waals surface area contributed by atoms with Crippen molar-refractivity contribution in [2.45, 2.75) is 11.8 Å². The van der Waals surface area contributed by atoms with Crippen molar-refractivity contribution >= 4 is 55.9 Å². The van der Waals surface area contributed by atoms with Gasteiger partial charge in [-0.3, -0.25) is 4.72 Å². The summed E-state index contributed by atoms with van der Waals surface area (Å²) >= 11 is 8.00. The van der Waals surface area contributed by atoms with Gasteiger partial charge in [-0.1, -0.05) is 29.3 Å². The number of hydrogen-bond donors (Lipinski definition) is 1. The first-order valence-electron chi connectivity index (χ1n) is 6.42. The molecular formula is C15H13ClINO4S. The van der Waals surface area contributed by atoms with Gasteiger partial charge in [0.1, 0.15) is 0 Å². The summed E-state index contributed by atoms with van der Waals surface area (Å²) in [5.74, 6) is -0.583. The Bertz CT molecular complexity index is 851. The highest BCUT2D eigenvalue weighted by molar-refractivity contribution is 14.1. The van der Waals surface area contributed by atoms with Crippen LogP contribution in [-0.4, -0.2) is 21.5 Å². The molecule has 0 aromatic heterocycles. The number of sulfonamides is 1. The number of hydrogen-bond acceptors (Lipinski definition) is 4. The maximum Gasteiger partial charge on any atom is 0.339 e. The molecule has 0 bridgehead atoms. The van der Waals surface area contributed by atoms with Gasteiger partial charge < -0.3 is 4.74 Å². The van der Waals surface area contributed by atoms with Gasteiger partial charge in [0.15, 0.2) is 0 Å². The number of carbonyl (C=O) groups is 1. The smallest absolute Gasteiger partial charge is 0.339 e. The van der Waals surface area contributed by atoms with Crippen LogP contribution in [0.5, 0.6) is 0 Å². The Morgan fingerprint density at radius 3 is 2.35 bits per heavy atom. The Morgan fingerprint density at radius 1 is 1.17 bits per heavy atom. The minimum absolute atomic E-state index is 0.140. The summed E-state index contributed by atoms with van der Waals surface area (Å²) in [6.07, 6.45) is 0. The van der Waals surface area contributed by atoms with E-state index in [-0.39, 0.29) is 15.5 Å². The van der Waals surface area contributed by atoms with E-state index in [2.05, 4.69) is 9.46 Å². The van der Waals surface area contributed by atoms with E-state index in [1.54, 1.807) is 12.1 Å². The van der Waals surface area contributed by atoms with Gasteiger partial charge in [0.05, 0.1) is 31.8 Å². The number of carbonyl (C=O) groups excluding carboxylic acids is 1. The molecule has 2 aromatic carbocycles. The first-order valence-corrected chi connectivity index (χ1v) is 9.36. The van der Waals surface area contributed by atoms with Crippen LogP contribution in [0, 0.1) is 10.5 Å². The molecular weight excluding hydrogens is 453 g/mol. The maximum atomic E-state index is 12.4. The van der Waals surface area contributed by atoms with Gasteiger partial charge in [0.2, 0.25) is 0 Å². The summed E-state index contributed by atoms with van der Waals surface area (Å²) in [6, 6.07) is 9.37. The van der Waals surface area contributed by atoms with Crippen molar-refractivity contribution in [3.8, 4) is 0 Å². The number of anilines is 1. The van der Waals surface area contributed by atoms with Gasteiger partial charge in [0.25, 0.3) is 10.0 Å². The highest BCUT2D eigenvalue weighted by atomic mass is 127. The first-order chi connectivity index (χ1) is 10.8. The van der Waals surface area contributed by atoms with Crippen LogP contribution in [0.2, 0.25) is 5.02 Å². The van der Waals surface area contributed by atoms with E-state index in [4.69, 9.17) is 11.6 Å². The van der Waals surface area contributed by atoms with Crippen molar-refractivity contribution in [3.05, 3.63) is 56.1 Å². The molecule has 0 aliphatic heterocycles. The van der Waals surface area contributed by atoms with Gasteiger partial charge in [-0.05, 0) is 53.8 Å². The predicted molar refractivity (Wildman–Crippen MR) is 97.5 cm³/mol. The highest BCUT2D eigenvalue weighted by Crippen LogP contribution is 2.31. The summed E-state index contributed by atoms with van der Waals surface area (Å²) in [6.45, 7) is 1.87. The summed E-state index contributed by atoms with van der Waals surface area (Å²) in [5, 5.41) is 0.140. The monoisotopic (exact) mass is 465 g/mol. The van der Waals surface area contributed by atoms with Crippen LogP contribution < -0.4 is 4.72 Å². The lowest BCUT2D eigenvalue weighted by Crippen LogP contribution is -2.14. The standard InChI is InChI=1S/C15H13ClINO4S/c1-9-3-5-10(6-4-9)23(20,21)18-12-8-7-11(15(19)22-2)13(16)14(12)17/h3-8,18H,1-2H3. The fourth-order valence-corrected chi connectivity index (χ4v) is 3.92. The third kappa shape index (κ3) is 3.96. The molecule has 23 heavy (non-hydrogen) atoms. The van der Waals surface area contributed by atoms with Gasteiger partial charge in [-0.25, -0.2) is 13.2 Å². The van der Waals surface area contributed by atoms with Gasteiger partial charge in [0, 0.05) is 0 Å². The molecule has 0 heterocycles. The molecule has 5 nitrogen and oxygen atoms in total. The summed E-state index contributed by atoms with van der Waals surface area (Å²) in [4.78, 5) is 11.7. The second kappa shape index (κ2) is 7.06. The van der Waals surface area contributed by atoms with Crippen LogP contribution in [0.25, 0.3) is 0 Å².